The summed E-state index contributed by atoms with van der Waals surface area (Å²) in [4.78, 5) is 4.04. The smallest absolute Gasteiger partial charge is 0.262 e. The van der Waals surface area contributed by atoms with Crippen LogP contribution in [0.15, 0.2) is 34.8 Å². The first kappa shape index (κ1) is 12.9. The molecule has 0 aliphatic heterocycles. The molecule has 0 bridgehead atoms. The Bertz CT molecular complexity index is 655. The maximum absolute atomic E-state index is 13.3. The number of aliphatic hydroxyl groups excluding tert-OH is 1. The van der Waals surface area contributed by atoms with Crippen molar-refractivity contribution in [3.8, 4) is 0 Å². The lowest BCUT2D eigenvalue weighted by Crippen LogP contribution is -2.13. The lowest BCUT2D eigenvalue weighted by atomic mass is 10.4. The molecular weight excluding hydrogens is 279 g/mol. The van der Waals surface area contributed by atoms with E-state index in [9.17, 15) is 12.8 Å². The van der Waals surface area contributed by atoms with E-state index in [1.807, 2.05) is 0 Å². The molecule has 0 saturated heterocycles. The molecule has 96 valence electrons. The number of rotatable bonds is 4. The van der Waals surface area contributed by atoms with E-state index in [2.05, 4.69) is 9.71 Å². The number of aromatic nitrogens is 1. The third-order valence-electron chi connectivity index (χ3n) is 2.11. The van der Waals surface area contributed by atoms with E-state index in [1.165, 1.54) is 23.7 Å². The van der Waals surface area contributed by atoms with Crippen LogP contribution in [0.25, 0.3) is 0 Å². The number of pyridine rings is 1. The molecule has 0 saturated carbocycles. The van der Waals surface area contributed by atoms with Crippen LogP contribution in [0.5, 0.6) is 0 Å². The monoisotopic (exact) mass is 288 g/mol. The van der Waals surface area contributed by atoms with Gasteiger partial charge in [-0.05, 0) is 12.1 Å². The Balaban J connectivity index is 2.30. The van der Waals surface area contributed by atoms with Crippen molar-refractivity contribution in [1.29, 1.82) is 0 Å². The van der Waals surface area contributed by atoms with Gasteiger partial charge in [-0.2, -0.15) is 0 Å². The maximum atomic E-state index is 13.3. The number of hydrogen-bond donors (Lipinski definition) is 2. The van der Waals surface area contributed by atoms with E-state index >= 15 is 0 Å². The molecule has 0 fully saturated rings. The standard InChI is InChI=1S/C10H9FN2O3S2/c11-9-4-12-2-1-10(9)13-18(15,16)8-3-7(5-14)17-6-8/h1-4,6,14H,5H2,(H,12,13). The molecule has 2 rings (SSSR count). The van der Waals surface area contributed by atoms with Crippen LogP contribution >= 0.6 is 11.3 Å². The second-order valence-corrected chi connectivity index (χ2v) is 6.05. The molecule has 0 aromatic carbocycles. The Kier molecular flexibility index (Phi) is 3.60. The van der Waals surface area contributed by atoms with Crippen molar-refractivity contribution in [3.63, 3.8) is 0 Å². The van der Waals surface area contributed by atoms with Crippen molar-refractivity contribution < 1.29 is 17.9 Å². The minimum Gasteiger partial charge on any atom is -0.391 e. The van der Waals surface area contributed by atoms with Gasteiger partial charge in [-0.3, -0.25) is 9.71 Å². The fourth-order valence-electron chi connectivity index (χ4n) is 1.25. The van der Waals surface area contributed by atoms with Gasteiger partial charge in [-0.1, -0.05) is 0 Å². The maximum Gasteiger partial charge on any atom is 0.262 e. The van der Waals surface area contributed by atoms with Gasteiger partial charge in [0.1, 0.15) is 0 Å². The number of nitrogens with one attached hydrogen (secondary N) is 1. The van der Waals surface area contributed by atoms with Gasteiger partial charge in [-0.15, -0.1) is 11.3 Å². The summed E-state index contributed by atoms with van der Waals surface area (Å²) < 4.78 is 39.2. The lowest BCUT2D eigenvalue weighted by molar-refractivity contribution is 0.285. The van der Waals surface area contributed by atoms with Crippen LogP contribution in [0.2, 0.25) is 0 Å². The first-order valence-electron chi connectivity index (χ1n) is 4.83. The Morgan fingerprint density at radius 2 is 2.28 bits per heavy atom. The second-order valence-electron chi connectivity index (χ2n) is 3.37. The zero-order valence-corrected chi connectivity index (χ0v) is 10.6. The average molecular weight is 288 g/mol. The number of halogens is 1. The minimum absolute atomic E-state index is 0.00670. The Morgan fingerprint density at radius 3 is 2.89 bits per heavy atom. The molecule has 0 unspecified atom stereocenters. The van der Waals surface area contributed by atoms with Crippen LogP contribution in [-0.2, 0) is 16.6 Å². The molecule has 0 spiro atoms. The van der Waals surface area contributed by atoms with Crippen molar-refractivity contribution in [2.75, 3.05) is 4.72 Å². The van der Waals surface area contributed by atoms with Crippen LogP contribution in [0.4, 0.5) is 10.1 Å². The van der Waals surface area contributed by atoms with Gasteiger partial charge in [0, 0.05) is 16.5 Å². The van der Waals surface area contributed by atoms with Crippen LogP contribution in [0, 0.1) is 5.82 Å². The average Bonchev–Trinajstić information content (AvgIpc) is 2.81. The fraction of sp³-hybridized carbons (Fsp3) is 0.100. The van der Waals surface area contributed by atoms with Crippen LogP contribution in [0.1, 0.15) is 4.88 Å². The predicted molar refractivity (Wildman–Crippen MR) is 65.2 cm³/mol. The molecule has 2 heterocycles. The molecule has 2 aromatic heterocycles. The van der Waals surface area contributed by atoms with E-state index in [0.29, 0.717) is 4.88 Å². The number of anilines is 1. The molecular formula is C10H9FN2O3S2. The zero-order valence-electron chi connectivity index (χ0n) is 9.00. The normalized spacial score (nSPS) is 11.4. The fourth-order valence-corrected chi connectivity index (χ4v) is 3.45. The number of sulfonamides is 1. The van der Waals surface area contributed by atoms with Gasteiger partial charge < -0.3 is 5.11 Å². The number of nitrogens with zero attached hydrogens (tertiary/aromatic N) is 1. The van der Waals surface area contributed by atoms with E-state index < -0.39 is 15.8 Å². The number of thiophene rings is 1. The van der Waals surface area contributed by atoms with Crippen molar-refractivity contribution in [2.45, 2.75) is 11.5 Å². The predicted octanol–water partition coefficient (Wildman–Crippen LogP) is 1.58. The molecule has 0 atom stereocenters. The number of hydrogen-bond acceptors (Lipinski definition) is 5. The molecule has 5 nitrogen and oxygen atoms in total. The lowest BCUT2D eigenvalue weighted by Gasteiger charge is -2.06. The first-order chi connectivity index (χ1) is 8.53. The minimum atomic E-state index is -3.84. The molecule has 0 amide bonds. The SMILES string of the molecule is O=S(=O)(Nc1ccncc1F)c1csc(CO)c1. The topological polar surface area (TPSA) is 79.3 Å². The highest BCUT2D eigenvalue weighted by atomic mass is 32.2. The van der Waals surface area contributed by atoms with Gasteiger partial charge in [0.25, 0.3) is 10.0 Å². The quantitative estimate of drug-likeness (QED) is 0.895. The van der Waals surface area contributed by atoms with Crippen molar-refractivity contribution >= 4 is 27.0 Å². The summed E-state index contributed by atoms with van der Waals surface area (Å²) >= 11 is 1.12. The van der Waals surface area contributed by atoms with E-state index in [1.54, 1.807) is 0 Å². The molecule has 0 aliphatic rings. The highest BCUT2D eigenvalue weighted by Crippen LogP contribution is 2.22. The van der Waals surface area contributed by atoms with Crippen LogP contribution < -0.4 is 4.72 Å². The first-order valence-corrected chi connectivity index (χ1v) is 7.20. The third-order valence-corrected chi connectivity index (χ3v) is 4.53. The zero-order chi connectivity index (χ0) is 13.2. The third kappa shape index (κ3) is 2.66. The summed E-state index contributed by atoms with van der Waals surface area (Å²) in [5, 5.41) is 10.3. The van der Waals surface area contributed by atoms with E-state index in [0.717, 1.165) is 17.5 Å². The van der Waals surface area contributed by atoms with Gasteiger partial charge in [-0.25, -0.2) is 12.8 Å². The summed E-state index contributed by atoms with van der Waals surface area (Å²) in [7, 11) is -3.84. The molecule has 0 radical (unpaired) electrons. The molecule has 18 heavy (non-hydrogen) atoms. The van der Waals surface area contributed by atoms with E-state index in [4.69, 9.17) is 5.11 Å². The highest BCUT2D eigenvalue weighted by molar-refractivity contribution is 7.92. The van der Waals surface area contributed by atoms with E-state index in [-0.39, 0.29) is 17.2 Å². The van der Waals surface area contributed by atoms with Gasteiger partial charge in [0.2, 0.25) is 0 Å². The molecule has 2 N–H and O–H groups in total. The van der Waals surface area contributed by atoms with Crippen molar-refractivity contribution in [3.05, 3.63) is 40.6 Å². The van der Waals surface area contributed by atoms with Crippen LogP contribution in [-0.4, -0.2) is 18.5 Å². The highest BCUT2D eigenvalue weighted by Gasteiger charge is 2.17. The van der Waals surface area contributed by atoms with Gasteiger partial charge >= 0.3 is 0 Å². The van der Waals surface area contributed by atoms with Gasteiger partial charge in [0.05, 0.1) is 23.4 Å². The van der Waals surface area contributed by atoms with Crippen molar-refractivity contribution in [1.82, 2.24) is 4.98 Å². The summed E-state index contributed by atoms with van der Waals surface area (Å²) in [5.41, 5.74) is -0.165. The Labute approximate surface area is 107 Å². The molecule has 0 aliphatic carbocycles. The second kappa shape index (κ2) is 5.01. The number of aliphatic hydroxyl groups is 1. The molecule has 8 heteroatoms. The molecule has 2 aromatic rings. The van der Waals surface area contributed by atoms with Gasteiger partial charge in [0.15, 0.2) is 5.82 Å². The summed E-state index contributed by atoms with van der Waals surface area (Å²) in [6.07, 6.45) is 2.21. The Morgan fingerprint density at radius 1 is 1.50 bits per heavy atom. The van der Waals surface area contributed by atoms with Crippen LogP contribution in [0.3, 0.4) is 0 Å². The Hall–Kier alpha value is -1.51. The summed E-state index contributed by atoms with van der Waals surface area (Å²) in [6, 6.07) is 2.57. The summed E-state index contributed by atoms with van der Waals surface area (Å²) in [6.45, 7) is -0.232. The van der Waals surface area contributed by atoms with Crippen molar-refractivity contribution in [2.24, 2.45) is 0 Å². The summed E-state index contributed by atoms with van der Waals surface area (Å²) in [5.74, 6) is -0.751. The largest absolute Gasteiger partial charge is 0.391 e.